The quantitative estimate of drug-likeness (QED) is 0.243. The monoisotopic (exact) mass is 596 g/mol. The number of sulfonamides is 1. The van der Waals surface area contributed by atoms with Crippen LogP contribution in [0.1, 0.15) is 43.2 Å². The van der Waals surface area contributed by atoms with E-state index >= 15 is 0 Å². The second-order valence-corrected chi connectivity index (χ2v) is 12.2. The molecule has 0 spiro atoms. The van der Waals surface area contributed by atoms with Crippen molar-refractivity contribution < 1.29 is 22.7 Å². The van der Waals surface area contributed by atoms with Crippen molar-refractivity contribution in [2.75, 3.05) is 17.5 Å². The number of benzene rings is 3. The highest BCUT2D eigenvalue weighted by atomic mass is 35.5. The molecular formula is C30H33ClN4O5S. The normalized spacial score (nSPS) is 14.0. The highest BCUT2D eigenvalue weighted by molar-refractivity contribution is 7.92. The maximum absolute atomic E-state index is 13.4. The number of carbonyl (C=O) groups excluding carboxylic acids is 2. The van der Waals surface area contributed by atoms with Gasteiger partial charge in [0.15, 0.2) is 6.61 Å². The zero-order valence-electron chi connectivity index (χ0n) is 22.8. The van der Waals surface area contributed by atoms with Crippen molar-refractivity contribution in [3.8, 4) is 5.75 Å². The number of anilines is 1. The Balaban J connectivity index is 1.33. The molecule has 0 radical (unpaired) electrons. The number of hydrogen-bond donors (Lipinski definition) is 2. The molecule has 2 N–H and O–H groups in total. The number of nitrogens with one attached hydrogen (secondary N) is 2. The van der Waals surface area contributed by atoms with Gasteiger partial charge < -0.3 is 10.1 Å². The summed E-state index contributed by atoms with van der Waals surface area (Å²) in [6.07, 6.45) is 6.96. The number of ether oxygens (including phenoxy) is 1. The molecule has 1 aliphatic carbocycles. The molecule has 11 heteroatoms. The average Bonchev–Trinajstić information content (AvgIpc) is 2.97. The number of hydrazone groups is 1. The van der Waals surface area contributed by atoms with Crippen molar-refractivity contribution >= 4 is 45.3 Å². The molecule has 1 saturated carbocycles. The third kappa shape index (κ3) is 8.80. The molecule has 1 fully saturated rings. The van der Waals surface area contributed by atoms with Crippen LogP contribution in [0.2, 0.25) is 5.02 Å². The molecule has 3 aromatic carbocycles. The lowest BCUT2D eigenvalue weighted by Crippen LogP contribution is -2.39. The molecule has 216 valence electrons. The Bertz CT molecular complexity index is 1450. The van der Waals surface area contributed by atoms with Crippen LogP contribution < -0.4 is 19.8 Å². The molecule has 0 bridgehead atoms. The van der Waals surface area contributed by atoms with Crippen LogP contribution in [0.3, 0.4) is 0 Å². The largest absolute Gasteiger partial charge is 0.484 e. The number of rotatable bonds is 11. The average molecular weight is 597 g/mol. The van der Waals surface area contributed by atoms with Gasteiger partial charge >= 0.3 is 0 Å². The number of halogens is 1. The minimum atomic E-state index is -4.05. The highest BCUT2D eigenvalue weighted by Gasteiger charge is 2.27. The maximum atomic E-state index is 13.4. The van der Waals surface area contributed by atoms with Crippen LogP contribution >= 0.6 is 11.6 Å². The van der Waals surface area contributed by atoms with E-state index in [1.165, 1.54) is 36.9 Å². The van der Waals surface area contributed by atoms with E-state index in [9.17, 15) is 18.0 Å². The van der Waals surface area contributed by atoms with Gasteiger partial charge in [-0.3, -0.25) is 13.9 Å². The molecule has 0 atom stereocenters. The molecular weight excluding hydrogens is 564 g/mol. The van der Waals surface area contributed by atoms with Crippen molar-refractivity contribution in [2.24, 2.45) is 5.10 Å². The summed E-state index contributed by atoms with van der Waals surface area (Å²) in [6.45, 7) is 1.30. The zero-order valence-corrected chi connectivity index (χ0v) is 24.3. The first-order valence-corrected chi connectivity index (χ1v) is 15.2. The van der Waals surface area contributed by atoms with E-state index in [1.54, 1.807) is 48.5 Å². The molecule has 3 aromatic rings. The Morgan fingerprint density at radius 3 is 2.27 bits per heavy atom. The van der Waals surface area contributed by atoms with Gasteiger partial charge in [0, 0.05) is 11.1 Å². The third-order valence-corrected chi connectivity index (χ3v) is 8.67. The summed E-state index contributed by atoms with van der Waals surface area (Å²) in [6, 6.07) is 19.7. The number of carbonyl (C=O) groups is 2. The lowest BCUT2D eigenvalue weighted by atomic mass is 9.95. The van der Waals surface area contributed by atoms with Gasteiger partial charge in [0.05, 0.1) is 16.8 Å². The van der Waals surface area contributed by atoms with E-state index < -0.39 is 22.5 Å². The van der Waals surface area contributed by atoms with E-state index in [0.717, 1.165) is 35.6 Å². The van der Waals surface area contributed by atoms with Crippen molar-refractivity contribution in [1.29, 1.82) is 0 Å². The van der Waals surface area contributed by atoms with Crippen LogP contribution in [0.15, 0.2) is 82.8 Å². The summed E-state index contributed by atoms with van der Waals surface area (Å²) in [4.78, 5) is 25.0. The van der Waals surface area contributed by atoms with E-state index in [2.05, 4.69) is 15.8 Å². The fourth-order valence-electron chi connectivity index (χ4n) is 4.42. The predicted molar refractivity (Wildman–Crippen MR) is 160 cm³/mol. The van der Waals surface area contributed by atoms with E-state index in [4.69, 9.17) is 16.3 Å². The molecule has 1 aliphatic rings. The van der Waals surface area contributed by atoms with E-state index in [1.807, 2.05) is 6.92 Å². The maximum Gasteiger partial charge on any atom is 0.264 e. The van der Waals surface area contributed by atoms with Crippen LogP contribution in [0.5, 0.6) is 5.75 Å². The SMILES string of the molecule is Cc1ccc(S(=O)(=O)N(CC(=O)N/N=C\c2ccc(OCC(=O)NC3CCCCC3)cc2)c2ccc(Cl)cc2)cc1. The van der Waals surface area contributed by atoms with Crippen molar-refractivity contribution in [3.05, 3.63) is 88.9 Å². The predicted octanol–water partition coefficient (Wildman–Crippen LogP) is 4.82. The summed E-state index contributed by atoms with van der Waals surface area (Å²) < 4.78 is 33.4. The first kappa shape index (κ1) is 30.1. The van der Waals surface area contributed by atoms with Gasteiger partial charge in [-0.15, -0.1) is 0 Å². The summed E-state index contributed by atoms with van der Waals surface area (Å²) in [5.41, 5.74) is 4.26. The number of hydrogen-bond acceptors (Lipinski definition) is 6. The van der Waals surface area contributed by atoms with Crippen molar-refractivity contribution in [2.45, 2.75) is 50.0 Å². The van der Waals surface area contributed by atoms with Crippen LogP contribution in [0.4, 0.5) is 5.69 Å². The summed E-state index contributed by atoms with van der Waals surface area (Å²) in [5, 5.41) is 7.42. The lowest BCUT2D eigenvalue weighted by Gasteiger charge is -2.23. The van der Waals surface area contributed by atoms with Crippen LogP contribution in [-0.2, 0) is 19.6 Å². The Morgan fingerprint density at radius 1 is 0.951 bits per heavy atom. The molecule has 9 nitrogen and oxygen atoms in total. The van der Waals surface area contributed by atoms with Crippen LogP contribution in [-0.4, -0.2) is 45.6 Å². The van der Waals surface area contributed by atoms with Gasteiger partial charge in [0.25, 0.3) is 21.8 Å². The van der Waals surface area contributed by atoms with Gasteiger partial charge in [-0.1, -0.05) is 48.6 Å². The van der Waals surface area contributed by atoms with Gasteiger partial charge in [-0.05, 0) is 86.0 Å². The Labute approximate surface area is 245 Å². The molecule has 2 amide bonds. The fourth-order valence-corrected chi connectivity index (χ4v) is 5.97. The number of aryl methyl sites for hydroxylation is 1. The Morgan fingerprint density at radius 2 is 1.61 bits per heavy atom. The van der Waals surface area contributed by atoms with Crippen LogP contribution in [0, 0.1) is 6.92 Å². The number of amides is 2. The first-order chi connectivity index (χ1) is 19.7. The number of nitrogens with zero attached hydrogens (tertiary/aromatic N) is 2. The van der Waals surface area contributed by atoms with E-state index in [0.29, 0.717) is 16.3 Å². The highest BCUT2D eigenvalue weighted by Crippen LogP contribution is 2.25. The lowest BCUT2D eigenvalue weighted by molar-refractivity contribution is -0.124. The van der Waals surface area contributed by atoms with Crippen molar-refractivity contribution in [3.63, 3.8) is 0 Å². The standard InChI is InChI=1S/C30H33ClN4O5S/c1-22-7-17-28(18-8-22)41(38,39)35(26-13-11-24(31)12-14-26)20-29(36)34-32-19-23-9-15-27(16-10-23)40-21-30(37)33-25-5-3-2-4-6-25/h7-19,25H,2-6,20-21H2,1H3,(H,33,37)(H,34,36)/b32-19-. The third-order valence-electron chi connectivity index (χ3n) is 6.63. The second kappa shape index (κ2) is 14.1. The molecule has 0 aromatic heterocycles. The summed E-state index contributed by atoms with van der Waals surface area (Å²) >= 11 is 5.98. The molecule has 0 aliphatic heterocycles. The first-order valence-electron chi connectivity index (χ1n) is 13.4. The zero-order chi connectivity index (χ0) is 29.2. The van der Waals surface area contributed by atoms with Gasteiger partial charge in [0.1, 0.15) is 12.3 Å². The van der Waals surface area contributed by atoms with Gasteiger partial charge in [0.2, 0.25) is 0 Å². The van der Waals surface area contributed by atoms with Crippen molar-refractivity contribution in [1.82, 2.24) is 10.7 Å². The van der Waals surface area contributed by atoms with E-state index in [-0.39, 0.29) is 29.1 Å². The summed E-state index contributed by atoms with van der Waals surface area (Å²) in [7, 11) is -4.05. The topological polar surface area (TPSA) is 117 Å². The molecule has 0 heterocycles. The molecule has 4 rings (SSSR count). The molecule has 0 saturated heterocycles. The molecule has 41 heavy (non-hydrogen) atoms. The minimum Gasteiger partial charge on any atom is -0.484 e. The van der Waals surface area contributed by atoms with Crippen LogP contribution in [0.25, 0.3) is 0 Å². The minimum absolute atomic E-state index is 0.0585. The fraction of sp³-hybridized carbons (Fsp3) is 0.300. The molecule has 0 unspecified atom stereocenters. The Hall–Kier alpha value is -3.89. The van der Waals surface area contributed by atoms with Gasteiger partial charge in [-0.25, -0.2) is 13.8 Å². The smallest absolute Gasteiger partial charge is 0.264 e. The summed E-state index contributed by atoms with van der Waals surface area (Å²) in [5.74, 6) is -0.233. The second-order valence-electron chi connectivity index (χ2n) is 9.85. The van der Waals surface area contributed by atoms with Gasteiger partial charge in [-0.2, -0.15) is 5.10 Å². The Kier molecular flexibility index (Phi) is 10.4.